The lowest BCUT2D eigenvalue weighted by molar-refractivity contribution is 0.211. The summed E-state index contributed by atoms with van der Waals surface area (Å²) in [5, 5.41) is 10.7. The standard InChI is InChI=1S/C20H19ClFN5S/c1-12-6-13(7-14(9-23)18(12)22)10-27-4-2-15(3-5-27)26-19-16-8-17(21)28-20(16)25-11-24-19/h6-8,11,15H,2-5,10H2,1H3,(H,24,25,26)/i8D,10D,11D/hD. The summed E-state index contributed by atoms with van der Waals surface area (Å²) < 4.78 is 47.5. The van der Waals surface area contributed by atoms with Crippen LogP contribution in [-0.2, 0) is 6.52 Å². The predicted molar refractivity (Wildman–Crippen MR) is 110 cm³/mol. The Hall–Kier alpha value is -2.27. The predicted octanol–water partition coefficient (Wildman–Crippen LogP) is 4.74. The smallest absolute Gasteiger partial charge is 0.162 e. The van der Waals surface area contributed by atoms with Gasteiger partial charge in [0.25, 0.3) is 0 Å². The van der Waals surface area contributed by atoms with Crippen molar-refractivity contribution in [1.82, 2.24) is 14.9 Å². The first kappa shape index (κ1) is 14.7. The van der Waals surface area contributed by atoms with Gasteiger partial charge in [-0.15, -0.1) is 11.3 Å². The monoisotopic (exact) mass is 419 g/mol. The molecule has 1 aliphatic rings. The molecule has 1 N–H and O–H groups in total. The molecular weight excluding hydrogens is 397 g/mol. The third kappa shape index (κ3) is 3.95. The highest BCUT2D eigenvalue weighted by Gasteiger charge is 2.21. The number of nitrogens with one attached hydrogen (secondary N) is 1. The molecule has 2 aromatic heterocycles. The lowest BCUT2D eigenvalue weighted by Crippen LogP contribution is -2.38. The zero-order chi connectivity index (χ0) is 23.2. The first-order valence-corrected chi connectivity index (χ1v) is 9.98. The van der Waals surface area contributed by atoms with E-state index in [2.05, 4.69) is 9.97 Å². The van der Waals surface area contributed by atoms with E-state index in [0.29, 0.717) is 47.3 Å². The second kappa shape index (κ2) is 8.00. The zero-order valence-corrected chi connectivity index (χ0v) is 16.6. The first-order chi connectivity index (χ1) is 15.2. The van der Waals surface area contributed by atoms with Crippen molar-refractivity contribution in [2.75, 3.05) is 18.4 Å². The minimum absolute atomic E-state index is 0.0579. The maximum atomic E-state index is 14.0. The Morgan fingerprint density at radius 2 is 2.29 bits per heavy atom. The van der Waals surface area contributed by atoms with E-state index in [-0.39, 0.29) is 34.1 Å². The van der Waals surface area contributed by atoms with Crippen LogP contribution in [0.2, 0.25) is 5.75 Å². The molecular formula is C20H19ClFN5S. The van der Waals surface area contributed by atoms with Crippen LogP contribution in [-0.4, -0.2) is 34.0 Å². The summed E-state index contributed by atoms with van der Waals surface area (Å²) in [6.07, 6.45) is 0.897. The number of hydrogen-bond donors (Lipinski definition) is 1. The number of rotatable bonds is 4. The Morgan fingerprint density at radius 1 is 1.50 bits per heavy atom. The van der Waals surface area contributed by atoms with Crippen LogP contribution in [0.3, 0.4) is 0 Å². The number of aryl methyl sites for hydroxylation is 1. The molecule has 5 nitrogen and oxygen atoms in total. The van der Waals surface area contributed by atoms with Crippen molar-refractivity contribution in [2.24, 2.45) is 0 Å². The highest BCUT2D eigenvalue weighted by molar-refractivity contribution is 7.22. The molecule has 1 unspecified atom stereocenters. The molecule has 4 rings (SSSR count). The number of fused-ring (bicyclic) bond motifs is 1. The summed E-state index contributed by atoms with van der Waals surface area (Å²) >= 11 is 7.16. The van der Waals surface area contributed by atoms with Gasteiger partial charge in [0, 0.05) is 27.0 Å². The molecule has 1 aliphatic heterocycles. The van der Waals surface area contributed by atoms with Crippen molar-refractivity contribution in [3.05, 3.63) is 51.3 Å². The van der Waals surface area contributed by atoms with Crippen molar-refractivity contribution in [3.63, 3.8) is 0 Å². The number of nitrogens with zero attached hydrogens (tertiary/aromatic N) is 4. The molecule has 1 aromatic carbocycles. The van der Waals surface area contributed by atoms with E-state index in [0.717, 1.165) is 11.3 Å². The fourth-order valence-electron chi connectivity index (χ4n) is 3.29. The molecule has 144 valence electrons. The van der Waals surface area contributed by atoms with Gasteiger partial charge in [-0.25, -0.2) is 14.4 Å². The molecule has 0 spiro atoms. The normalized spacial score (nSPS) is 18.8. The summed E-state index contributed by atoms with van der Waals surface area (Å²) in [4.78, 5) is 10.4. The molecule has 1 atom stereocenters. The Morgan fingerprint density at radius 3 is 3.04 bits per heavy atom. The summed E-state index contributed by atoms with van der Waals surface area (Å²) in [5.41, 5.74) is 0.830. The molecule has 1 fully saturated rings. The molecule has 0 amide bonds. The fourth-order valence-corrected chi connectivity index (χ4v) is 4.26. The maximum Gasteiger partial charge on any atom is 0.162 e. The average Bonchev–Trinajstić information content (AvgIpc) is 3.07. The van der Waals surface area contributed by atoms with Crippen LogP contribution in [0.4, 0.5) is 10.2 Å². The maximum absolute atomic E-state index is 14.0. The van der Waals surface area contributed by atoms with Crippen LogP contribution >= 0.6 is 22.9 Å². The minimum atomic E-state index is -0.748. The molecule has 8 heteroatoms. The number of likely N-dealkylation sites (tertiary alicyclic amines) is 1. The highest BCUT2D eigenvalue weighted by atomic mass is 35.5. The molecule has 28 heavy (non-hydrogen) atoms. The van der Waals surface area contributed by atoms with Gasteiger partial charge in [-0.05, 0) is 43.0 Å². The topological polar surface area (TPSA) is 64.8 Å². The second-order valence-electron chi connectivity index (χ2n) is 6.66. The lowest BCUT2D eigenvalue weighted by Gasteiger charge is -2.32. The zero-order valence-electron chi connectivity index (χ0n) is 19.0. The van der Waals surface area contributed by atoms with Gasteiger partial charge in [0.15, 0.2) is 1.41 Å². The number of thiophene rings is 1. The van der Waals surface area contributed by atoms with Gasteiger partial charge >= 0.3 is 0 Å². The summed E-state index contributed by atoms with van der Waals surface area (Å²) in [7, 11) is 0. The van der Waals surface area contributed by atoms with Crippen LogP contribution in [0, 0.1) is 24.1 Å². The van der Waals surface area contributed by atoms with Gasteiger partial charge in [0.2, 0.25) is 0 Å². The Bertz CT molecular complexity index is 1230. The van der Waals surface area contributed by atoms with E-state index in [9.17, 15) is 4.39 Å². The average molecular weight is 420 g/mol. The first-order valence-electron chi connectivity index (χ1n) is 10.8. The third-order valence-electron chi connectivity index (χ3n) is 4.69. The van der Waals surface area contributed by atoms with Crippen molar-refractivity contribution in [1.29, 1.82) is 5.26 Å². The van der Waals surface area contributed by atoms with Crippen molar-refractivity contribution in [3.8, 4) is 6.07 Å². The molecule has 3 heterocycles. The lowest BCUT2D eigenvalue weighted by atomic mass is 10.0. The van der Waals surface area contributed by atoms with Gasteiger partial charge in [-0.2, -0.15) is 5.26 Å². The summed E-state index contributed by atoms with van der Waals surface area (Å²) in [6.45, 7) is 1.87. The number of piperidine rings is 1. The fraction of sp³-hybridized carbons (Fsp3) is 0.350. The quantitative estimate of drug-likeness (QED) is 0.661. The van der Waals surface area contributed by atoms with Crippen molar-refractivity contribution < 1.29 is 9.91 Å². The molecule has 1 saturated heterocycles. The van der Waals surface area contributed by atoms with Crippen LogP contribution < -0.4 is 5.31 Å². The molecule has 0 radical (unpaired) electrons. The Balaban J connectivity index is 1.52. The number of aromatic nitrogens is 2. The van der Waals surface area contributed by atoms with Gasteiger partial charge in [-0.3, -0.25) is 4.90 Å². The van der Waals surface area contributed by atoms with Crippen LogP contribution in [0.1, 0.15) is 33.6 Å². The largest absolute Gasteiger partial charge is 0.367 e. The van der Waals surface area contributed by atoms with Crippen LogP contribution in [0.15, 0.2) is 24.5 Å². The highest BCUT2D eigenvalue weighted by Crippen LogP contribution is 2.32. The van der Waals surface area contributed by atoms with E-state index in [1.54, 1.807) is 13.0 Å². The number of halogens is 2. The van der Waals surface area contributed by atoms with Crippen LogP contribution in [0.25, 0.3) is 10.2 Å². The van der Waals surface area contributed by atoms with Crippen molar-refractivity contribution in [2.45, 2.75) is 32.3 Å². The Labute approximate surface area is 177 Å². The van der Waals surface area contributed by atoms with Crippen molar-refractivity contribution >= 4 is 39.0 Å². The SMILES string of the molecule is [2H]c1nc(N([2H])C2CCN(C([2H])c3cc(C)c(F)c(C#N)c3)CC2)c2c([2H])c(Cl)sc2n1. The van der Waals surface area contributed by atoms with E-state index < -0.39 is 12.3 Å². The number of hydrogen-bond acceptors (Lipinski definition) is 6. The Kier molecular flexibility index (Phi) is 4.20. The molecule has 0 aliphatic carbocycles. The number of benzene rings is 1. The number of nitriles is 1. The molecule has 3 aromatic rings. The molecule has 0 saturated carbocycles. The third-order valence-corrected chi connectivity index (χ3v) is 5.78. The number of anilines is 1. The van der Waals surface area contributed by atoms with Gasteiger partial charge in [-0.1, -0.05) is 17.7 Å². The van der Waals surface area contributed by atoms with E-state index in [1.165, 1.54) is 11.4 Å². The van der Waals surface area contributed by atoms with Gasteiger partial charge in [0.1, 0.15) is 30.2 Å². The van der Waals surface area contributed by atoms with Gasteiger partial charge in [0.05, 0.1) is 16.7 Å². The molecule has 0 bridgehead atoms. The van der Waals surface area contributed by atoms with Crippen LogP contribution in [0.5, 0.6) is 0 Å². The summed E-state index contributed by atoms with van der Waals surface area (Å²) in [5.74, 6) is -0.360. The minimum Gasteiger partial charge on any atom is -0.367 e. The van der Waals surface area contributed by atoms with E-state index in [1.807, 2.05) is 11.0 Å². The second-order valence-corrected chi connectivity index (χ2v) is 8.27. The summed E-state index contributed by atoms with van der Waals surface area (Å²) in [6, 6.07) is 4.70. The van der Waals surface area contributed by atoms with E-state index >= 15 is 0 Å². The van der Waals surface area contributed by atoms with Gasteiger partial charge < -0.3 is 5.31 Å². The van der Waals surface area contributed by atoms with E-state index in [4.69, 9.17) is 22.4 Å².